The highest BCUT2D eigenvalue weighted by atomic mass is 32.2. The Morgan fingerprint density at radius 1 is 1.19 bits per heavy atom. The van der Waals surface area contributed by atoms with Crippen molar-refractivity contribution in [3.8, 4) is 0 Å². The van der Waals surface area contributed by atoms with Crippen molar-refractivity contribution >= 4 is 29.9 Å². The molecule has 7 nitrogen and oxygen atoms in total. The van der Waals surface area contributed by atoms with Crippen LogP contribution in [0.25, 0.3) is 0 Å². The molecule has 0 aliphatic rings. The fraction of sp³-hybridized carbons (Fsp3) is 0.278. The van der Waals surface area contributed by atoms with E-state index in [1.54, 1.807) is 31.2 Å². The normalized spacial score (nSPS) is 12.0. The quantitative estimate of drug-likeness (QED) is 0.275. The summed E-state index contributed by atoms with van der Waals surface area (Å²) in [7, 11) is 1.33. The van der Waals surface area contributed by atoms with Gasteiger partial charge in [0.2, 0.25) is 0 Å². The number of aromatic nitrogens is 2. The molecule has 136 valence electrons. The largest absolute Gasteiger partial charge is 0.465 e. The Kier molecular flexibility index (Phi) is 6.85. The first-order chi connectivity index (χ1) is 12.4. The van der Waals surface area contributed by atoms with Crippen molar-refractivity contribution < 1.29 is 14.3 Å². The van der Waals surface area contributed by atoms with Gasteiger partial charge in [-0.05, 0) is 44.5 Å². The monoisotopic (exact) mass is 372 g/mol. The SMILES string of the molecule is COC(=O)c1ccc(/C=N\NC(=O)[C@H](C)Sc2nc(C)cc(C)n2)cc1. The summed E-state index contributed by atoms with van der Waals surface area (Å²) in [5, 5.41) is 4.11. The number of thioether (sulfide) groups is 1. The van der Waals surface area contributed by atoms with Gasteiger partial charge in [-0.25, -0.2) is 20.2 Å². The van der Waals surface area contributed by atoms with Gasteiger partial charge in [-0.2, -0.15) is 5.10 Å². The van der Waals surface area contributed by atoms with Gasteiger partial charge in [0.25, 0.3) is 5.91 Å². The van der Waals surface area contributed by atoms with Crippen LogP contribution >= 0.6 is 11.8 Å². The van der Waals surface area contributed by atoms with E-state index in [4.69, 9.17) is 0 Å². The molecule has 1 N–H and O–H groups in total. The molecule has 1 amide bonds. The van der Waals surface area contributed by atoms with Crippen LogP contribution in [0.5, 0.6) is 0 Å². The first-order valence-electron chi connectivity index (χ1n) is 7.89. The zero-order chi connectivity index (χ0) is 19.1. The minimum atomic E-state index is -0.402. The van der Waals surface area contributed by atoms with E-state index in [-0.39, 0.29) is 5.91 Å². The predicted octanol–water partition coefficient (Wildman–Crippen LogP) is 2.51. The van der Waals surface area contributed by atoms with Crippen LogP contribution in [0.4, 0.5) is 0 Å². The number of nitrogens with zero attached hydrogens (tertiary/aromatic N) is 3. The van der Waals surface area contributed by atoms with Gasteiger partial charge in [0, 0.05) is 11.4 Å². The van der Waals surface area contributed by atoms with Gasteiger partial charge >= 0.3 is 5.97 Å². The Morgan fingerprint density at radius 2 is 1.81 bits per heavy atom. The van der Waals surface area contributed by atoms with E-state index in [9.17, 15) is 9.59 Å². The third-order valence-corrected chi connectivity index (χ3v) is 4.29. The lowest BCUT2D eigenvalue weighted by molar-refractivity contribution is -0.120. The number of hydrazone groups is 1. The molecule has 0 spiro atoms. The molecule has 0 fully saturated rings. The van der Waals surface area contributed by atoms with Crippen molar-refractivity contribution in [3.63, 3.8) is 0 Å². The Labute approximate surface area is 156 Å². The summed E-state index contributed by atoms with van der Waals surface area (Å²) < 4.78 is 4.64. The Hall–Kier alpha value is -2.74. The van der Waals surface area contributed by atoms with E-state index in [1.807, 2.05) is 19.9 Å². The lowest BCUT2D eigenvalue weighted by Crippen LogP contribution is -2.27. The predicted molar refractivity (Wildman–Crippen MR) is 100 cm³/mol. The number of esters is 1. The Bertz CT molecular complexity index is 801. The van der Waals surface area contributed by atoms with Crippen LogP contribution in [-0.2, 0) is 9.53 Å². The molecule has 2 aromatic rings. The number of ether oxygens (including phenoxy) is 1. The van der Waals surface area contributed by atoms with Gasteiger partial charge in [-0.3, -0.25) is 4.79 Å². The fourth-order valence-corrected chi connectivity index (χ4v) is 2.91. The van der Waals surface area contributed by atoms with Crippen LogP contribution in [0.15, 0.2) is 40.6 Å². The summed E-state index contributed by atoms with van der Waals surface area (Å²) in [4.78, 5) is 32.1. The van der Waals surface area contributed by atoms with Gasteiger partial charge in [0.05, 0.1) is 24.1 Å². The third kappa shape index (κ3) is 5.66. The van der Waals surface area contributed by atoms with Crippen molar-refractivity contribution in [2.45, 2.75) is 31.2 Å². The topological polar surface area (TPSA) is 93.5 Å². The van der Waals surface area contributed by atoms with Crippen molar-refractivity contribution in [1.82, 2.24) is 15.4 Å². The summed E-state index contributed by atoms with van der Waals surface area (Å²) in [5.41, 5.74) is 5.41. The first kappa shape index (κ1) is 19.6. The number of nitrogens with one attached hydrogen (secondary N) is 1. The highest BCUT2D eigenvalue weighted by Crippen LogP contribution is 2.20. The van der Waals surface area contributed by atoms with E-state index < -0.39 is 11.2 Å². The molecule has 0 saturated carbocycles. The first-order valence-corrected chi connectivity index (χ1v) is 8.77. The molecular weight excluding hydrogens is 352 g/mol. The number of rotatable bonds is 6. The molecule has 1 atom stereocenters. The Balaban J connectivity index is 1.90. The van der Waals surface area contributed by atoms with Crippen molar-refractivity contribution in [3.05, 3.63) is 52.8 Å². The number of carbonyl (C=O) groups excluding carboxylic acids is 2. The van der Waals surface area contributed by atoms with Crippen LogP contribution in [0, 0.1) is 13.8 Å². The van der Waals surface area contributed by atoms with Crippen molar-refractivity contribution in [1.29, 1.82) is 0 Å². The smallest absolute Gasteiger partial charge is 0.337 e. The van der Waals surface area contributed by atoms with Crippen LogP contribution in [0.2, 0.25) is 0 Å². The van der Waals surface area contributed by atoms with Crippen molar-refractivity contribution in [2.75, 3.05) is 7.11 Å². The van der Waals surface area contributed by atoms with Gasteiger partial charge in [-0.15, -0.1) is 0 Å². The van der Waals surface area contributed by atoms with Crippen molar-refractivity contribution in [2.24, 2.45) is 5.10 Å². The summed E-state index contributed by atoms with van der Waals surface area (Å²) in [5.74, 6) is -0.651. The summed E-state index contributed by atoms with van der Waals surface area (Å²) in [6, 6.07) is 8.56. The third-order valence-electron chi connectivity index (χ3n) is 3.33. The second kappa shape index (κ2) is 9.10. The average Bonchev–Trinajstić information content (AvgIpc) is 2.60. The maximum absolute atomic E-state index is 12.1. The lowest BCUT2D eigenvalue weighted by atomic mass is 10.1. The number of benzene rings is 1. The van der Waals surface area contributed by atoms with E-state index in [0.29, 0.717) is 10.7 Å². The Morgan fingerprint density at radius 3 is 2.38 bits per heavy atom. The maximum atomic E-state index is 12.1. The second-order valence-corrected chi connectivity index (χ2v) is 6.85. The molecule has 2 rings (SSSR count). The molecule has 0 unspecified atom stereocenters. The lowest BCUT2D eigenvalue weighted by Gasteiger charge is -2.09. The highest BCUT2D eigenvalue weighted by molar-refractivity contribution is 8.00. The molecule has 8 heteroatoms. The van der Waals surface area contributed by atoms with E-state index >= 15 is 0 Å². The maximum Gasteiger partial charge on any atom is 0.337 e. The number of carbonyl (C=O) groups is 2. The molecule has 1 aromatic carbocycles. The molecule has 0 aliphatic heterocycles. The number of aryl methyl sites for hydroxylation is 2. The molecule has 0 aliphatic carbocycles. The van der Waals surface area contributed by atoms with Crippen LogP contribution in [-0.4, -0.2) is 40.4 Å². The number of methoxy groups -OCH3 is 1. The highest BCUT2D eigenvalue weighted by Gasteiger charge is 2.15. The molecule has 0 saturated heterocycles. The summed E-state index contributed by atoms with van der Waals surface area (Å²) >= 11 is 1.27. The minimum absolute atomic E-state index is 0.250. The fourth-order valence-electron chi connectivity index (χ4n) is 2.04. The molecule has 0 bridgehead atoms. The standard InChI is InChI=1S/C18H20N4O3S/c1-11-9-12(2)21-18(20-11)26-13(3)16(23)22-19-10-14-5-7-15(8-6-14)17(24)25-4/h5-10,13H,1-4H3,(H,22,23)/b19-10-/t13-/m0/s1. The molecule has 1 aromatic heterocycles. The molecular formula is C18H20N4O3S. The summed E-state index contributed by atoms with van der Waals surface area (Å²) in [6.07, 6.45) is 1.50. The zero-order valence-electron chi connectivity index (χ0n) is 15.0. The van der Waals surface area contributed by atoms with Gasteiger partial charge in [-0.1, -0.05) is 23.9 Å². The zero-order valence-corrected chi connectivity index (χ0v) is 15.8. The number of hydrogen-bond donors (Lipinski definition) is 1. The number of amides is 1. The van der Waals surface area contributed by atoms with Crippen LogP contribution in [0.3, 0.4) is 0 Å². The van der Waals surface area contributed by atoms with E-state index in [1.165, 1.54) is 25.1 Å². The molecule has 0 radical (unpaired) electrons. The van der Waals surface area contributed by atoms with Gasteiger partial charge in [0.15, 0.2) is 5.16 Å². The number of hydrogen-bond acceptors (Lipinski definition) is 7. The van der Waals surface area contributed by atoms with Crippen LogP contribution < -0.4 is 5.43 Å². The van der Waals surface area contributed by atoms with Gasteiger partial charge in [0.1, 0.15) is 0 Å². The molecule has 26 heavy (non-hydrogen) atoms. The average molecular weight is 372 g/mol. The van der Waals surface area contributed by atoms with E-state index in [0.717, 1.165) is 17.0 Å². The molecule has 1 heterocycles. The second-order valence-electron chi connectivity index (χ2n) is 5.54. The van der Waals surface area contributed by atoms with Crippen LogP contribution in [0.1, 0.15) is 34.2 Å². The van der Waals surface area contributed by atoms with Gasteiger partial charge < -0.3 is 4.74 Å². The minimum Gasteiger partial charge on any atom is -0.465 e. The van der Waals surface area contributed by atoms with E-state index in [2.05, 4.69) is 25.2 Å². The summed E-state index contributed by atoms with van der Waals surface area (Å²) in [6.45, 7) is 5.54.